The molecule has 1 atom stereocenters. The van der Waals surface area contributed by atoms with Crippen LogP contribution in [0.1, 0.15) is 28.3 Å². The molecular formula is C24H23Cl2NO2. The van der Waals surface area contributed by atoms with Crippen molar-refractivity contribution in [3.05, 3.63) is 93.0 Å². The minimum absolute atomic E-state index is 0.0768. The third-order valence-corrected chi connectivity index (χ3v) is 5.92. The molecular weight excluding hydrogens is 405 g/mol. The highest BCUT2D eigenvalue weighted by atomic mass is 35.5. The summed E-state index contributed by atoms with van der Waals surface area (Å²) in [7, 11) is 3.35. The molecule has 150 valence electrons. The molecule has 0 spiro atoms. The molecule has 3 aromatic carbocycles. The van der Waals surface area contributed by atoms with Crippen LogP contribution in [-0.2, 0) is 13.0 Å². The maximum absolute atomic E-state index is 6.34. The van der Waals surface area contributed by atoms with E-state index in [9.17, 15) is 0 Å². The predicted octanol–water partition coefficient (Wildman–Crippen LogP) is 6.16. The van der Waals surface area contributed by atoms with Gasteiger partial charge in [0.25, 0.3) is 0 Å². The van der Waals surface area contributed by atoms with Crippen LogP contribution in [0, 0.1) is 0 Å². The van der Waals surface area contributed by atoms with E-state index in [1.165, 1.54) is 22.3 Å². The van der Waals surface area contributed by atoms with Crippen LogP contribution < -0.4 is 9.47 Å². The van der Waals surface area contributed by atoms with Crippen LogP contribution in [-0.4, -0.2) is 25.7 Å². The SMILES string of the molecule is COc1cc2c(cc1OC)C(c1cccc(Cl)c1)N(Cc1ccc(Cl)cc1)CC2. The second-order valence-corrected chi connectivity index (χ2v) is 8.08. The molecule has 5 heteroatoms. The van der Waals surface area contributed by atoms with Crippen molar-refractivity contribution in [2.75, 3.05) is 20.8 Å². The first-order valence-corrected chi connectivity index (χ1v) is 10.3. The quantitative estimate of drug-likeness (QED) is 0.486. The van der Waals surface area contributed by atoms with Crippen molar-refractivity contribution < 1.29 is 9.47 Å². The average molecular weight is 428 g/mol. The van der Waals surface area contributed by atoms with Crippen LogP contribution in [0.2, 0.25) is 10.0 Å². The highest BCUT2D eigenvalue weighted by molar-refractivity contribution is 6.30. The van der Waals surface area contributed by atoms with E-state index in [-0.39, 0.29) is 6.04 Å². The summed E-state index contributed by atoms with van der Waals surface area (Å²) in [6, 6.07) is 20.4. The molecule has 0 saturated carbocycles. The van der Waals surface area contributed by atoms with Gasteiger partial charge in [-0.3, -0.25) is 4.90 Å². The Morgan fingerprint density at radius 2 is 1.62 bits per heavy atom. The highest BCUT2D eigenvalue weighted by Gasteiger charge is 2.30. The van der Waals surface area contributed by atoms with E-state index >= 15 is 0 Å². The Hall–Kier alpha value is -2.20. The monoisotopic (exact) mass is 427 g/mol. The Bertz CT molecular complexity index is 1000. The van der Waals surface area contributed by atoms with Crippen LogP contribution in [0.25, 0.3) is 0 Å². The third kappa shape index (κ3) is 4.23. The summed E-state index contributed by atoms with van der Waals surface area (Å²) in [5.41, 5.74) is 4.90. The number of nitrogens with zero attached hydrogens (tertiary/aromatic N) is 1. The van der Waals surface area contributed by atoms with Gasteiger partial charge in [0, 0.05) is 23.1 Å². The van der Waals surface area contributed by atoms with E-state index in [1.807, 2.05) is 30.3 Å². The minimum Gasteiger partial charge on any atom is -0.493 e. The molecule has 0 fully saturated rings. The van der Waals surface area contributed by atoms with Crippen LogP contribution in [0.4, 0.5) is 0 Å². The molecule has 1 aliphatic heterocycles. The topological polar surface area (TPSA) is 21.7 Å². The number of methoxy groups -OCH3 is 2. The zero-order chi connectivity index (χ0) is 20.4. The molecule has 0 N–H and O–H groups in total. The third-order valence-electron chi connectivity index (χ3n) is 5.44. The van der Waals surface area contributed by atoms with E-state index in [4.69, 9.17) is 32.7 Å². The summed E-state index contributed by atoms with van der Waals surface area (Å²) in [5, 5.41) is 1.49. The van der Waals surface area contributed by atoms with Gasteiger partial charge in [0.1, 0.15) is 0 Å². The molecule has 0 amide bonds. The van der Waals surface area contributed by atoms with Crippen molar-refractivity contribution >= 4 is 23.2 Å². The van der Waals surface area contributed by atoms with Gasteiger partial charge in [0.2, 0.25) is 0 Å². The zero-order valence-corrected chi connectivity index (χ0v) is 18.0. The smallest absolute Gasteiger partial charge is 0.161 e. The van der Waals surface area contributed by atoms with Gasteiger partial charge in [0.05, 0.1) is 20.3 Å². The summed E-state index contributed by atoms with van der Waals surface area (Å²) in [4.78, 5) is 2.48. The number of fused-ring (bicyclic) bond motifs is 1. The number of ether oxygens (including phenoxy) is 2. The van der Waals surface area contributed by atoms with Crippen molar-refractivity contribution in [2.24, 2.45) is 0 Å². The van der Waals surface area contributed by atoms with Gasteiger partial charge in [-0.05, 0) is 65.1 Å². The number of rotatable bonds is 5. The van der Waals surface area contributed by atoms with Gasteiger partial charge in [-0.15, -0.1) is 0 Å². The van der Waals surface area contributed by atoms with Gasteiger partial charge in [0.15, 0.2) is 11.5 Å². The molecule has 0 saturated heterocycles. The zero-order valence-electron chi connectivity index (χ0n) is 16.5. The maximum atomic E-state index is 6.34. The highest BCUT2D eigenvalue weighted by Crippen LogP contribution is 2.42. The lowest BCUT2D eigenvalue weighted by atomic mass is 9.87. The Kier molecular flexibility index (Phi) is 6.00. The fourth-order valence-corrected chi connectivity index (χ4v) is 4.38. The summed E-state index contributed by atoms with van der Waals surface area (Å²) in [6.07, 6.45) is 0.945. The van der Waals surface area contributed by atoms with E-state index in [2.05, 4.69) is 35.2 Å². The van der Waals surface area contributed by atoms with E-state index in [1.54, 1.807) is 14.2 Å². The van der Waals surface area contributed by atoms with Crippen LogP contribution in [0.3, 0.4) is 0 Å². The first kappa shape index (κ1) is 20.1. The average Bonchev–Trinajstić information content (AvgIpc) is 2.74. The molecule has 3 aromatic rings. The van der Waals surface area contributed by atoms with Gasteiger partial charge < -0.3 is 9.47 Å². The van der Waals surface area contributed by atoms with Gasteiger partial charge in [-0.1, -0.05) is 47.5 Å². The molecule has 0 bridgehead atoms. The van der Waals surface area contributed by atoms with Crippen LogP contribution in [0.5, 0.6) is 11.5 Å². The van der Waals surface area contributed by atoms with Gasteiger partial charge >= 0.3 is 0 Å². The molecule has 0 radical (unpaired) electrons. The molecule has 29 heavy (non-hydrogen) atoms. The Labute approximate surface area is 181 Å². The van der Waals surface area contributed by atoms with E-state index in [0.29, 0.717) is 0 Å². The summed E-state index contributed by atoms with van der Waals surface area (Å²) < 4.78 is 11.1. The Morgan fingerprint density at radius 3 is 2.31 bits per heavy atom. The van der Waals surface area contributed by atoms with E-state index < -0.39 is 0 Å². The molecule has 0 aromatic heterocycles. The largest absolute Gasteiger partial charge is 0.493 e. The second-order valence-electron chi connectivity index (χ2n) is 7.21. The minimum atomic E-state index is 0.0768. The van der Waals surface area contributed by atoms with Crippen molar-refractivity contribution in [1.29, 1.82) is 0 Å². The summed E-state index contributed by atoms with van der Waals surface area (Å²) in [6.45, 7) is 1.75. The summed E-state index contributed by atoms with van der Waals surface area (Å²) >= 11 is 12.4. The first-order valence-electron chi connectivity index (χ1n) is 9.58. The number of hydrogen-bond donors (Lipinski definition) is 0. The van der Waals surface area contributed by atoms with Crippen molar-refractivity contribution in [3.63, 3.8) is 0 Å². The van der Waals surface area contributed by atoms with Crippen molar-refractivity contribution in [2.45, 2.75) is 19.0 Å². The molecule has 1 unspecified atom stereocenters. The molecule has 1 aliphatic rings. The number of benzene rings is 3. The standard InChI is InChI=1S/C24H23Cl2NO2/c1-28-22-13-17-10-11-27(15-16-6-8-19(25)9-7-16)24(21(17)14-23(22)29-2)18-4-3-5-20(26)12-18/h3-9,12-14,24H,10-11,15H2,1-2H3. The lowest BCUT2D eigenvalue weighted by Gasteiger charge is -2.38. The fourth-order valence-electron chi connectivity index (χ4n) is 4.06. The lowest BCUT2D eigenvalue weighted by molar-refractivity contribution is 0.203. The lowest BCUT2D eigenvalue weighted by Crippen LogP contribution is -2.35. The van der Waals surface area contributed by atoms with E-state index in [0.717, 1.165) is 41.1 Å². The van der Waals surface area contributed by atoms with Gasteiger partial charge in [-0.25, -0.2) is 0 Å². The second kappa shape index (κ2) is 8.66. The van der Waals surface area contributed by atoms with Crippen LogP contribution in [0.15, 0.2) is 60.7 Å². The number of halogens is 2. The molecule has 0 aliphatic carbocycles. The van der Waals surface area contributed by atoms with Crippen molar-refractivity contribution in [1.82, 2.24) is 4.90 Å². The predicted molar refractivity (Wildman–Crippen MR) is 118 cm³/mol. The fraction of sp³-hybridized carbons (Fsp3) is 0.250. The Morgan fingerprint density at radius 1 is 0.897 bits per heavy atom. The molecule has 3 nitrogen and oxygen atoms in total. The van der Waals surface area contributed by atoms with Crippen molar-refractivity contribution in [3.8, 4) is 11.5 Å². The first-order chi connectivity index (χ1) is 14.1. The Balaban J connectivity index is 1.79. The van der Waals surface area contributed by atoms with Gasteiger partial charge in [-0.2, -0.15) is 0 Å². The maximum Gasteiger partial charge on any atom is 0.161 e. The number of hydrogen-bond acceptors (Lipinski definition) is 3. The summed E-state index contributed by atoms with van der Waals surface area (Å²) in [5.74, 6) is 1.51. The molecule has 4 rings (SSSR count). The molecule has 1 heterocycles. The van der Waals surface area contributed by atoms with Crippen LogP contribution >= 0.6 is 23.2 Å². The normalized spacial score (nSPS) is 16.3.